The molecule has 0 aromatic rings. The normalized spacial score (nSPS) is 19.2. The molecule has 0 saturated heterocycles. The Balaban J connectivity index is 2.90. The van der Waals surface area contributed by atoms with E-state index in [2.05, 4.69) is 0 Å². The Kier molecular flexibility index (Phi) is 1.42. The van der Waals surface area contributed by atoms with E-state index in [0.29, 0.717) is 0 Å². The van der Waals surface area contributed by atoms with E-state index < -0.39 is 15.4 Å². The second-order valence-corrected chi connectivity index (χ2v) is 3.32. The average molecular weight is 146 g/mol. The summed E-state index contributed by atoms with van der Waals surface area (Å²) in [5, 5.41) is -0.822. The summed E-state index contributed by atoms with van der Waals surface area (Å²) in [6.45, 7) is 0. The Morgan fingerprint density at radius 2 is 1.67 bits per heavy atom. The molecule has 0 saturated carbocycles. The molecule has 3 nitrogen and oxygen atoms in total. The van der Waals surface area contributed by atoms with Crippen molar-refractivity contribution in [3.8, 4) is 0 Å². The number of hydrogen-bond donors (Lipinski definition) is 1. The molecular weight excluding hydrogens is 140 g/mol. The van der Waals surface area contributed by atoms with Crippen molar-refractivity contribution in [1.82, 2.24) is 0 Å². The van der Waals surface area contributed by atoms with Crippen molar-refractivity contribution in [2.24, 2.45) is 0 Å². The Morgan fingerprint density at radius 3 is 1.89 bits per heavy atom. The molecule has 0 radical (unpaired) electrons. The molecule has 0 aromatic heterocycles. The van der Waals surface area contributed by atoms with Gasteiger partial charge < -0.3 is 0 Å². The molecule has 4 heteroatoms. The minimum atomic E-state index is -3.88. The number of rotatable bonds is 1. The van der Waals surface area contributed by atoms with Gasteiger partial charge in [-0.1, -0.05) is 24.3 Å². The van der Waals surface area contributed by atoms with E-state index in [1.54, 1.807) is 12.2 Å². The van der Waals surface area contributed by atoms with E-state index in [1.807, 2.05) is 0 Å². The van der Waals surface area contributed by atoms with Crippen LogP contribution < -0.4 is 0 Å². The SMILES string of the molecule is O=S(=O)(O)C1C=CC=C1. The quantitative estimate of drug-likeness (QED) is 0.544. The lowest BCUT2D eigenvalue weighted by atomic mass is 10.5. The molecule has 0 unspecified atom stereocenters. The Hall–Kier alpha value is -0.610. The van der Waals surface area contributed by atoms with E-state index >= 15 is 0 Å². The third-order valence-corrected chi connectivity index (χ3v) is 2.06. The lowest BCUT2D eigenvalue weighted by Gasteiger charge is -1.96. The predicted octanol–water partition coefficient (Wildman–Crippen LogP) is 0.369. The van der Waals surface area contributed by atoms with Crippen LogP contribution in [0.3, 0.4) is 0 Å². The van der Waals surface area contributed by atoms with Crippen molar-refractivity contribution in [1.29, 1.82) is 0 Å². The maximum atomic E-state index is 10.3. The molecule has 0 spiro atoms. The zero-order valence-electron chi connectivity index (χ0n) is 4.56. The Morgan fingerprint density at radius 1 is 1.22 bits per heavy atom. The van der Waals surface area contributed by atoms with Gasteiger partial charge in [-0.3, -0.25) is 4.55 Å². The molecular formula is C5H6O3S. The van der Waals surface area contributed by atoms with Gasteiger partial charge in [0, 0.05) is 0 Å². The molecule has 1 rings (SSSR count). The first-order valence-corrected chi connectivity index (χ1v) is 3.92. The minimum absolute atomic E-state index is 0.822. The van der Waals surface area contributed by atoms with Crippen LogP contribution in [0.2, 0.25) is 0 Å². The van der Waals surface area contributed by atoms with Crippen LogP contribution in [0.15, 0.2) is 24.3 Å². The first-order chi connectivity index (χ1) is 4.11. The molecule has 0 aliphatic heterocycles. The Labute approximate surface area is 53.4 Å². The van der Waals surface area contributed by atoms with E-state index in [0.717, 1.165) is 0 Å². The summed E-state index contributed by atoms with van der Waals surface area (Å²) in [6.07, 6.45) is 5.99. The average Bonchev–Trinajstić information content (AvgIpc) is 2.08. The largest absolute Gasteiger partial charge is 0.285 e. The van der Waals surface area contributed by atoms with Crippen LogP contribution >= 0.6 is 0 Å². The Bertz CT molecular complexity index is 235. The lowest BCUT2D eigenvalue weighted by Crippen LogP contribution is -2.12. The van der Waals surface area contributed by atoms with Gasteiger partial charge in [0.15, 0.2) is 0 Å². The van der Waals surface area contributed by atoms with Crippen molar-refractivity contribution in [2.75, 3.05) is 0 Å². The standard InChI is InChI=1S/C5H6O3S/c6-9(7,8)5-3-1-2-4-5/h1-5H,(H,6,7,8). The maximum absolute atomic E-state index is 10.3. The molecule has 0 fully saturated rings. The van der Waals surface area contributed by atoms with Crippen molar-refractivity contribution < 1.29 is 13.0 Å². The van der Waals surface area contributed by atoms with Gasteiger partial charge in [0.05, 0.1) is 0 Å². The third-order valence-electron chi connectivity index (χ3n) is 1.06. The first kappa shape index (κ1) is 6.51. The van der Waals surface area contributed by atoms with Gasteiger partial charge in [-0.05, 0) is 0 Å². The van der Waals surface area contributed by atoms with E-state index in [9.17, 15) is 8.42 Å². The monoisotopic (exact) mass is 146 g/mol. The predicted molar refractivity (Wildman–Crippen MR) is 33.6 cm³/mol. The van der Waals surface area contributed by atoms with Gasteiger partial charge in [0.1, 0.15) is 5.25 Å². The summed E-state index contributed by atoms with van der Waals surface area (Å²) < 4.78 is 29.0. The molecule has 0 heterocycles. The minimum Gasteiger partial charge on any atom is -0.285 e. The summed E-state index contributed by atoms with van der Waals surface area (Å²) in [7, 11) is -3.88. The van der Waals surface area contributed by atoms with Crippen LogP contribution in [-0.2, 0) is 10.1 Å². The summed E-state index contributed by atoms with van der Waals surface area (Å²) in [4.78, 5) is 0. The molecule has 1 aliphatic carbocycles. The van der Waals surface area contributed by atoms with Crippen molar-refractivity contribution >= 4 is 10.1 Å². The first-order valence-electron chi connectivity index (χ1n) is 2.42. The van der Waals surface area contributed by atoms with Crippen LogP contribution in [0.25, 0.3) is 0 Å². The van der Waals surface area contributed by atoms with Gasteiger partial charge >= 0.3 is 0 Å². The number of allylic oxidation sites excluding steroid dienone is 2. The maximum Gasteiger partial charge on any atom is 0.275 e. The molecule has 0 amide bonds. The van der Waals surface area contributed by atoms with Crippen LogP contribution in [0, 0.1) is 0 Å². The highest BCUT2D eigenvalue weighted by atomic mass is 32.2. The van der Waals surface area contributed by atoms with Crippen LogP contribution in [0.1, 0.15) is 0 Å². The molecule has 0 bridgehead atoms. The summed E-state index contributed by atoms with van der Waals surface area (Å²) in [5.74, 6) is 0. The fourth-order valence-electron chi connectivity index (χ4n) is 0.610. The van der Waals surface area contributed by atoms with Gasteiger partial charge in [-0.2, -0.15) is 8.42 Å². The van der Waals surface area contributed by atoms with Gasteiger partial charge in [0.25, 0.3) is 10.1 Å². The molecule has 0 atom stereocenters. The topological polar surface area (TPSA) is 54.4 Å². The number of hydrogen-bond acceptors (Lipinski definition) is 2. The zero-order valence-corrected chi connectivity index (χ0v) is 5.38. The van der Waals surface area contributed by atoms with E-state index in [4.69, 9.17) is 4.55 Å². The van der Waals surface area contributed by atoms with Gasteiger partial charge in [0.2, 0.25) is 0 Å². The van der Waals surface area contributed by atoms with Gasteiger partial charge in [-0.25, -0.2) is 0 Å². The summed E-state index contributed by atoms with van der Waals surface area (Å²) in [6, 6.07) is 0. The second kappa shape index (κ2) is 1.97. The van der Waals surface area contributed by atoms with E-state index in [1.165, 1.54) is 12.2 Å². The zero-order chi connectivity index (χ0) is 6.91. The molecule has 1 aliphatic rings. The summed E-state index contributed by atoms with van der Waals surface area (Å²) in [5.41, 5.74) is 0. The third kappa shape index (κ3) is 1.40. The van der Waals surface area contributed by atoms with Gasteiger partial charge in [-0.15, -0.1) is 0 Å². The second-order valence-electron chi connectivity index (χ2n) is 1.75. The molecule has 1 N–H and O–H groups in total. The van der Waals surface area contributed by atoms with Crippen LogP contribution in [0.4, 0.5) is 0 Å². The van der Waals surface area contributed by atoms with Crippen molar-refractivity contribution in [2.45, 2.75) is 5.25 Å². The molecule has 0 aromatic carbocycles. The fourth-order valence-corrected chi connectivity index (χ4v) is 1.19. The molecule has 50 valence electrons. The van der Waals surface area contributed by atoms with Crippen LogP contribution in [0.5, 0.6) is 0 Å². The summed E-state index contributed by atoms with van der Waals surface area (Å²) >= 11 is 0. The van der Waals surface area contributed by atoms with Crippen LogP contribution in [-0.4, -0.2) is 18.2 Å². The van der Waals surface area contributed by atoms with E-state index in [-0.39, 0.29) is 0 Å². The smallest absolute Gasteiger partial charge is 0.275 e. The lowest BCUT2D eigenvalue weighted by molar-refractivity contribution is 0.481. The molecule has 9 heavy (non-hydrogen) atoms. The highest BCUT2D eigenvalue weighted by molar-refractivity contribution is 7.86. The highest BCUT2D eigenvalue weighted by Crippen LogP contribution is 2.07. The highest BCUT2D eigenvalue weighted by Gasteiger charge is 2.17. The van der Waals surface area contributed by atoms with Crippen molar-refractivity contribution in [3.63, 3.8) is 0 Å². The fraction of sp³-hybridized carbons (Fsp3) is 0.200. The van der Waals surface area contributed by atoms with Crippen molar-refractivity contribution in [3.05, 3.63) is 24.3 Å².